The highest BCUT2D eigenvalue weighted by molar-refractivity contribution is 8.00. The van der Waals surface area contributed by atoms with Gasteiger partial charge in [0, 0.05) is 16.6 Å². The van der Waals surface area contributed by atoms with Crippen molar-refractivity contribution >= 4 is 40.7 Å². The zero-order chi connectivity index (χ0) is 17.5. The van der Waals surface area contributed by atoms with E-state index in [0.717, 1.165) is 16.2 Å². The predicted molar refractivity (Wildman–Crippen MR) is 95.6 cm³/mol. The normalized spacial score (nSPS) is 11.4. The molecule has 1 aromatic carbocycles. The number of rotatable bonds is 6. The lowest BCUT2D eigenvalue weighted by atomic mass is 10.3. The van der Waals surface area contributed by atoms with Crippen molar-refractivity contribution in [2.75, 3.05) is 12.4 Å². The number of esters is 1. The molecule has 7 heteroatoms. The molecule has 1 aromatic heterocycles. The molecule has 0 fully saturated rings. The average molecular weight is 360 g/mol. The summed E-state index contributed by atoms with van der Waals surface area (Å²) in [6.07, 6.45) is 0.431. The minimum Gasteiger partial charge on any atom is -0.465 e. The number of hydrogen-bond acceptors (Lipinski definition) is 6. The second-order valence-corrected chi connectivity index (χ2v) is 7.46. The van der Waals surface area contributed by atoms with Crippen LogP contribution in [-0.4, -0.2) is 24.2 Å². The van der Waals surface area contributed by atoms with Crippen LogP contribution in [0.2, 0.25) is 0 Å². The highest BCUT2D eigenvalue weighted by Crippen LogP contribution is 2.32. The summed E-state index contributed by atoms with van der Waals surface area (Å²) in [5.41, 5.74) is 0.685. The van der Waals surface area contributed by atoms with Crippen molar-refractivity contribution in [1.82, 2.24) is 0 Å². The van der Waals surface area contributed by atoms with E-state index in [2.05, 4.69) is 16.1 Å². The topological polar surface area (TPSA) is 79.2 Å². The van der Waals surface area contributed by atoms with Crippen molar-refractivity contribution < 1.29 is 14.3 Å². The maximum absolute atomic E-state index is 12.4. The number of thiophene rings is 1. The SMILES string of the molecule is COC(=O)c1ccc(C(=O)Nc2ccccc2SC(C)CC#N)s1. The van der Waals surface area contributed by atoms with E-state index < -0.39 is 5.97 Å². The van der Waals surface area contributed by atoms with Gasteiger partial charge in [-0.25, -0.2) is 4.79 Å². The lowest BCUT2D eigenvalue weighted by molar-refractivity contribution is 0.0606. The Labute approximate surface area is 148 Å². The summed E-state index contributed by atoms with van der Waals surface area (Å²) in [5.74, 6) is -0.739. The zero-order valence-corrected chi connectivity index (χ0v) is 14.9. The van der Waals surface area contributed by atoms with Crippen LogP contribution >= 0.6 is 23.1 Å². The number of anilines is 1. The summed E-state index contributed by atoms with van der Waals surface area (Å²) in [6, 6.07) is 12.8. The third-order valence-electron chi connectivity index (χ3n) is 3.06. The Morgan fingerprint density at radius 3 is 2.71 bits per heavy atom. The van der Waals surface area contributed by atoms with E-state index in [0.29, 0.717) is 21.9 Å². The lowest BCUT2D eigenvalue weighted by Crippen LogP contribution is -2.11. The molecular formula is C17H16N2O3S2. The predicted octanol–water partition coefficient (Wildman–Crippen LogP) is 4.18. The van der Waals surface area contributed by atoms with Gasteiger partial charge in [-0.05, 0) is 24.3 Å². The lowest BCUT2D eigenvalue weighted by Gasteiger charge is -2.12. The summed E-state index contributed by atoms with van der Waals surface area (Å²) in [7, 11) is 1.30. The Hall–Kier alpha value is -2.30. The van der Waals surface area contributed by atoms with E-state index in [1.807, 2.05) is 31.2 Å². The van der Waals surface area contributed by atoms with Crippen molar-refractivity contribution in [3.05, 3.63) is 46.2 Å². The Balaban J connectivity index is 2.13. The number of hydrogen-bond donors (Lipinski definition) is 1. The highest BCUT2D eigenvalue weighted by Gasteiger charge is 2.16. The van der Waals surface area contributed by atoms with Crippen molar-refractivity contribution in [3.8, 4) is 6.07 Å². The van der Waals surface area contributed by atoms with Gasteiger partial charge in [-0.2, -0.15) is 5.26 Å². The number of para-hydroxylation sites is 1. The quantitative estimate of drug-likeness (QED) is 0.617. The monoisotopic (exact) mass is 360 g/mol. The summed E-state index contributed by atoms with van der Waals surface area (Å²) in [5, 5.41) is 11.8. The van der Waals surface area contributed by atoms with Crippen LogP contribution < -0.4 is 5.32 Å². The molecule has 1 N–H and O–H groups in total. The van der Waals surface area contributed by atoms with Crippen LogP contribution in [0.5, 0.6) is 0 Å². The molecule has 0 aliphatic rings. The minimum absolute atomic E-state index is 0.126. The first kappa shape index (κ1) is 18.0. The number of methoxy groups -OCH3 is 1. The van der Waals surface area contributed by atoms with Gasteiger partial charge in [-0.15, -0.1) is 23.1 Å². The van der Waals surface area contributed by atoms with E-state index in [4.69, 9.17) is 5.26 Å². The van der Waals surface area contributed by atoms with E-state index in [1.54, 1.807) is 12.1 Å². The van der Waals surface area contributed by atoms with Gasteiger partial charge in [-0.1, -0.05) is 19.1 Å². The summed E-state index contributed by atoms with van der Waals surface area (Å²) in [4.78, 5) is 25.6. The van der Waals surface area contributed by atoms with E-state index in [9.17, 15) is 9.59 Å². The first-order valence-electron chi connectivity index (χ1n) is 7.17. The number of nitrogens with zero attached hydrogens (tertiary/aromatic N) is 1. The first-order valence-corrected chi connectivity index (χ1v) is 8.87. The summed E-state index contributed by atoms with van der Waals surface area (Å²) >= 11 is 2.62. The number of carbonyl (C=O) groups is 2. The van der Waals surface area contributed by atoms with E-state index >= 15 is 0 Å². The number of carbonyl (C=O) groups excluding carboxylic acids is 2. The molecule has 0 bridgehead atoms. The molecule has 24 heavy (non-hydrogen) atoms. The molecule has 1 amide bonds. The molecule has 2 aromatic rings. The summed E-state index contributed by atoms with van der Waals surface area (Å²) in [6.45, 7) is 1.97. The van der Waals surface area contributed by atoms with E-state index in [1.165, 1.54) is 18.9 Å². The van der Waals surface area contributed by atoms with Crippen LogP contribution in [0.15, 0.2) is 41.3 Å². The van der Waals surface area contributed by atoms with Gasteiger partial charge in [0.25, 0.3) is 5.91 Å². The zero-order valence-electron chi connectivity index (χ0n) is 13.2. The highest BCUT2D eigenvalue weighted by atomic mass is 32.2. The Kier molecular flexibility index (Phi) is 6.41. The molecule has 1 heterocycles. The van der Waals surface area contributed by atoms with Crippen molar-refractivity contribution in [3.63, 3.8) is 0 Å². The second-order valence-electron chi connectivity index (χ2n) is 4.90. The maximum Gasteiger partial charge on any atom is 0.348 e. The number of benzene rings is 1. The molecule has 0 saturated carbocycles. The fourth-order valence-corrected chi connectivity index (χ4v) is 3.73. The first-order chi connectivity index (χ1) is 11.5. The Bertz CT molecular complexity index is 780. The average Bonchev–Trinajstić information content (AvgIpc) is 3.06. The van der Waals surface area contributed by atoms with Gasteiger partial charge in [0.2, 0.25) is 0 Å². The molecule has 0 aliphatic heterocycles. The molecule has 0 spiro atoms. The van der Waals surface area contributed by atoms with Gasteiger partial charge < -0.3 is 10.1 Å². The van der Waals surface area contributed by atoms with Gasteiger partial charge in [0.1, 0.15) is 4.88 Å². The molecule has 1 atom stereocenters. The van der Waals surface area contributed by atoms with Gasteiger partial charge in [0.15, 0.2) is 0 Å². The van der Waals surface area contributed by atoms with Crippen LogP contribution in [0.1, 0.15) is 32.7 Å². The Morgan fingerprint density at radius 2 is 2.00 bits per heavy atom. The van der Waals surface area contributed by atoms with Gasteiger partial charge in [-0.3, -0.25) is 4.79 Å². The van der Waals surface area contributed by atoms with Gasteiger partial charge >= 0.3 is 5.97 Å². The third-order valence-corrected chi connectivity index (χ3v) is 5.30. The van der Waals surface area contributed by atoms with Crippen molar-refractivity contribution in [1.29, 1.82) is 5.26 Å². The largest absolute Gasteiger partial charge is 0.465 e. The number of amides is 1. The van der Waals surface area contributed by atoms with Crippen LogP contribution in [0, 0.1) is 11.3 Å². The maximum atomic E-state index is 12.4. The van der Waals surface area contributed by atoms with E-state index in [-0.39, 0.29) is 11.2 Å². The van der Waals surface area contributed by atoms with Crippen molar-refractivity contribution in [2.45, 2.75) is 23.5 Å². The van der Waals surface area contributed by atoms with Gasteiger partial charge in [0.05, 0.1) is 23.7 Å². The van der Waals surface area contributed by atoms with Crippen LogP contribution in [-0.2, 0) is 4.74 Å². The number of ether oxygens (including phenoxy) is 1. The molecule has 0 aliphatic carbocycles. The smallest absolute Gasteiger partial charge is 0.348 e. The second kappa shape index (κ2) is 8.52. The molecule has 0 radical (unpaired) electrons. The number of nitriles is 1. The van der Waals surface area contributed by atoms with Crippen LogP contribution in [0.4, 0.5) is 5.69 Å². The molecule has 124 valence electrons. The molecule has 2 rings (SSSR count). The number of thioether (sulfide) groups is 1. The molecule has 0 saturated heterocycles. The number of nitrogens with one attached hydrogen (secondary N) is 1. The third kappa shape index (κ3) is 4.60. The van der Waals surface area contributed by atoms with Crippen LogP contribution in [0.25, 0.3) is 0 Å². The molecular weight excluding hydrogens is 344 g/mol. The standard InChI is InChI=1S/C17H16N2O3S2/c1-11(9-10-18)23-13-6-4-3-5-12(13)19-16(20)14-7-8-15(24-14)17(21)22-2/h3-8,11H,9H2,1-2H3,(H,19,20). The van der Waals surface area contributed by atoms with Crippen molar-refractivity contribution in [2.24, 2.45) is 0 Å². The molecule has 1 unspecified atom stereocenters. The fraction of sp³-hybridized carbons (Fsp3) is 0.235. The molecule has 5 nitrogen and oxygen atoms in total. The minimum atomic E-state index is -0.458. The Morgan fingerprint density at radius 1 is 1.29 bits per heavy atom. The summed E-state index contributed by atoms with van der Waals surface area (Å²) < 4.78 is 4.64. The van der Waals surface area contributed by atoms with Crippen LogP contribution in [0.3, 0.4) is 0 Å². The fourth-order valence-electron chi connectivity index (χ4n) is 1.91.